The molecule has 2 aliphatic heterocycles. The van der Waals surface area contributed by atoms with Crippen LogP contribution in [0.1, 0.15) is 50.5 Å². The topological polar surface area (TPSA) is 47.7 Å². The molecule has 0 aromatic heterocycles. The van der Waals surface area contributed by atoms with E-state index in [1.54, 1.807) is 0 Å². The van der Waals surface area contributed by atoms with E-state index >= 15 is 0 Å². The Balaban J connectivity index is 1.36. The van der Waals surface area contributed by atoms with Crippen molar-refractivity contribution < 1.29 is 9.47 Å². The lowest BCUT2D eigenvalue weighted by Crippen LogP contribution is -2.46. The molecule has 142 valence electrons. The van der Waals surface area contributed by atoms with E-state index in [0.717, 1.165) is 50.7 Å². The monoisotopic (exact) mass is 374 g/mol. The van der Waals surface area contributed by atoms with E-state index < -0.39 is 0 Å². The molecular formula is C21H30N2O2S. The van der Waals surface area contributed by atoms with Gasteiger partial charge in [0.1, 0.15) is 11.9 Å². The van der Waals surface area contributed by atoms with Crippen LogP contribution < -0.4 is 10.5 Å². The predicted octanol–water partition coefficient (Wildman–Crippen LogP) is 3.42. The largest absolute Gasteiger partial charge is 0.490 e. The van der Waals surface area contributed by atoms with Gasteiger partial charge in [-0.2, -0.15) is 0 Å². The highest BCUT2D eigenvalue weighted by molar-refractivity contribution is 7.80. The highest BCUT2D eigenvalue weighted by Gasteiger charge is 2.37. The van der Waals surface area contributed by atoms with Gasteiger partial charge in [-0.25, -0.2) is 0 Å². The molecule has 4 nitrogen and oxygen atoms in total. The van der Waals surface area contributed by atoms with Gasteiger partial charge in [-0.15, -0.1) is 0 Å². The molecule has 2 saturated heterocycles. The molecular weight excluding hydrogens is 344 g/mol. The fourth-order valence-electron chi connectivity index (χ4n) is 4.55. The van der Waals surface area contributed by atoms with Crippen LogP contribution in [0.25, 0.3) is 0 Å². The van der Waals surface area contributed by atoms with Gasteiger partial charge in [0, 0.05) is 37.8 Å². The molecule has 1 aliphatic carbocycles. The number of benzene rings is 1. The van der Waals surface area contributed by atoms with Crippen LogP contribution in [0.15, 0.2) is 24.3 Å². The van der Waals surface area contributed by atoms with Crippen LogP contribution >= 0.6 is 12.2 Å². The van der Waals surface area contributed by atoms with Crippen LogP contribution in [0.2, 0.25) is 0 Å². The number of thiocarbonyl (C=S) groups is 1. The molecule has 26 heavy (non-hydrogen) atoms. The highest BCUT2D eigenvalue weighted by atomic mass is 32.1. The third-order valence-electron chi connectivity index (χ3n) is 6.60. The van der Waals surface area contributed by atoms with Crippen LogP contribution in [0, 0.1) is 0 Å². The summed E-state index contributed by atoms with van der Waals surface area (Å²) in [6.07, 6.45) is 8.52. The first kappa shape index (κ1) is 18.2. The zero-order chi connectivity index (χ0) is 18.0. The number of rotatable bonds is 5. The summed E-state index contributed by atoms with van der Waals surface area (Å²) in [6, 6.07) is 9.31. The fourth-order valence-corrected chi connectivity index (χ4v) is 4.87. The van der Waals surface area contributed by atoms with Crippen molar-refractivity contribution in [3.8, 4) is 5.75 Å². The van der Waals surface area contributed by atoms with Crippen molar-refractivity contribution in [3.63, 3.8) is 0 Å². The number of nitrogens with zero attached hydrogens (tertiary/aromatic N) is 1. The Morgan fingerprint density at radius 2 is 1.73 bits per heavy atom. The van der Waals surface area contributed by atoms with Gasteiger partial charge in [0.15, 0.2) is 0 Å². The fraction of sp³-hybridized carbons (Fsp3) is 0.667. The second-order valence-electron chi connectivity index (χ2n) is 8.02. The smallest absolute Gasteiger partial charge is 0.119 e. The second kappa shape index (κ2) is 7.83. The average molecular weight is 375 g/mol. The molecule has 1 aromatic carbocycles. The molecule has 0 unspecified atom stereocenters. The van der Waals surface area contributed by atoms with Gasteiger partial charge in [-0.1, -0.05) is 30.8 Å². The van der Waals surface area contributed by atoms with Gasteiger partial charge >= 0.3 is 0 Å². The lowest BCUT2D eigenvalue weighted by molar-refractivity contribution is 0.0493. The van der Waals surface area contributed by atoms with Gasteiger partial charge in [-0.3, -0.25) is 0 Å². The van der Waals surface area contributed by atoms with Crippen molar-refractivity contribution in [2.75, 3.05) is 26.3 Å². The van der Waals surface area contributed by atoms with Crippen molar-refractivity contribution in [2.45, 2.75) is 62.5 Å². The SMILES string of the molecule is NC(=S)C1(c2ccc(OC3CCN(C4CCC4)CC3)cc2)CCOCC1. The molecule has 3 fully saturated rings. The van der Waals surface area contributed by atoms with Crippen LogP contribution in [0.3, 0.4) is 0 Å². The summed E-state index contributed by atoms with van der Waals surface area (Å²) in [5, 5.41) is 0. The molecule has 0 amide bonds. The van der Waals surface area contributed by atoms with Crippen LogP contribution in [-0.2, 0) is 10.2 Å². The van der Waals surface area contributed by atoms with Crippen molar-refractivity contribution >= 4 is 17.2 Å². The summed E-state index contributed by atoms with van der Waals surface area (Å²) in [7, 11) is 0. The van der Waals surface area contributed by atoms with E-state index in [0.29, 0.717) is 11.1 Å². The summed E-state index contributed by atoms with van der Waals surface area (Å²) < 4.78 is 11.8. The Morgan fingerprint density at radius 1 is 1.08 bits per heavy atom. The van der Waals surface area contributed by atoms with E-state index in [4.69, 9.17) is 27.4 Å². The summed E-state index contributed by atoms with van der Waals surface area (Å²) in [5.41, 5.74) is 7.09. The second-order valence-corrected chi connectivity index (χ2v) is 8.46. The van der Waals surface area contributed by atoms with Crippen LogP contribution in [0.5, 0.6) is 5.75 Å². The van der Waals surface area contributed by atoms with E-state index in [2.05, 4.69) is 29.2 Å². The Labute approximate surface area is 162 Å². The Kier molecular flexibility index (Phi) is 5.48. The molecule has 4 rings (SSSR count). The normalized spacial score (nSPS) is 24.8. The molecule has 5 heteroatoms. The number of piperidine rings is 1. The molecule has 0 spiro atoms. The Bertz CT molecular complexity index is 615. The van der Waals surface area contributed by atoms with Gasteiger partial charge in [0.25, 0.3) is 0 Å². The summed E-state index contributed by atoms with van der Waals surface area (Å²) >= 11 is 5.41. The summed E-state index contributed by atoms with van der Waals surface area (Å²) in [5.74, 6) is 0.959. The first-order chi connectivity index (χ1) is 12.7. The molecule has 2 N–H and O–H groups in total. The van der Waals surface area contributed by atoms with Gasteiger partial charge < -0.3 is 20.1 Å². The summed E-state index contributed by atoms with van der Waals surface area (Å²) in [6.45, 7) is 3.79. The van der Waals surface area contributed by atoms with Crippen LogP contribution in [0.4, 0.5) is 0 Å². The van der Waals surface area contributed by atoms with Crippen molar-refractivity contribution in [1.29, 1.82) is 0 Å². The number of likely N-dealkylation sites (tertiary alicyclic amines) is 1. The summed E-state index contributed by atoms with van der Waals surface area (Å²) in [4.78, 5) is 3.24. The number of hydrogen-bond acceptors (Lipinski definition) is 4. The van der Waals surface area contributed by atoms with Crippen molar-refractivity contribution in [3.05, 3.63) is 29.8 Å². The predicted molar refractivity (Wildman–Crippen MR) is 108 cm³/mol. The molecule has 2 heterocycles. The quantitative estimate of drug-likeness (QED) is 0.800. The lowest BCUT2D eigenvalue weighted by Gasteiger charge is -2.41. The standard InChI is InChI=1S/C21H30N2O2S/c22-20(26)21(10-14-24-15-11-21)16-4-6-18(7-5-16)25-19-8-12-23(13-9-19)17-2-1-3-17/h4-7,17,19H,1-3,8-15H2,(H2,22,26). The number of hydrogen-bond donors (Lipinski definition) is 1. The van der Waals surface area contributed by atoms with E-state index in [9.17, 15) is 0 Å². The van der Waals surface area contributed by atoms with E-state index in [1.165, 1.54) is 37.9 Å². The maximum absolute atomic E-state index is 6.26. The zero-order valence-corrected chi connectivity index (χ0v) is 16.3. The number of ether oxygens (including phenoxy) is 2. The zero-order valence-electron chi connectivity index (χ0n) is 15.5. The van der Waals surface area contributed by atoms with Gasteiger partial charge in [0.2, 0.25) is 0 Å². The molecule has 1 aromatic rings. The van der Waals surface area contributed by atoms with Crippen molar-refractivity contribution in [2.24, 2.45) is 5.73 Å². The highest BCUT2D eigenvalue weighted by Crippen LogP contribution is 2.36. The van der Waals surface area contributed by atoms with E-state index in [1.807, 2.05) is 0 Å². The molecule has 0 bridgehead atoms. The average Bonchev–Trinajstić information content (AvgIpc) is 2.63. The first-order valence-electron chi connectivity index (χ1n) is 10.1. The third-order valence-corrected chi connectivity index (χ3v) is 6.99. The number of nitrogens with two attached hydrogens (primary N) is 1. The van der Waals surface area contributed by atoms with Gasteiger partial charge in [0.05, 0.1) is 4.99 Å². The first-order valence-corrected chi connectivity index (χ1v) is 10.5. The Hall–Kier alpha value is -1.17. The van der Waals surface area contributed by atoms with Gasteiger partial charge in [-0.05, 0) is 56.2 Å². The third kappa shape index (κ3) is 3.62. The van der Waals surface area contributed by atoms with Crippen LogP contribution in [-0.4, -0.2) is 48.3 Å². The minimum Gasteiger partial charge on any atom is -0.490 e. The molecule has 3 aliphatic rings. The minimum atomic E-state index is -0.222. The molecule has 0 radical (unpaired) electrons. The minimum absolute atomic E-state index is 0.222. The lowest BCUT2D eigenvalue weighted by atomic mass is 9.74. The van der Waals surface area contributed by atoms with E-state index in [-0.39, 0.29) is 5.41 Å². The molecule has 0 atom stereocenters. The maximum Gasteiger partial charge on any atom is 0.119 e. The Morgan fingerprint density at radius 3 is 2.27 bits per heavy atom. The molecule has 1 saturated carbocycles. The van der Waals surface area contributed by atoms with Crippen molar-refractivity contribution in [1.82, 2.24) is 4.90 Å². The maximum atomic E-state index is 6.26.